The van der Waals surface area contributed by atoms with Crippen molar-refractivity contribution in [3.05, 3.63) is 71.5 Å². The van der Waals surface area contributed by atoms with Gasteiger partial charge in [0, 0.05) is 10.8 Å². The van der Waals surface area contributed by atoms with Gasteiger partial charge in [-0.2, -0.15) is 0 Å². The Kier molecular flexibility index (Phi) is 5.93. The van der Waals surface area contributed by atoms with E-state index in [1.807, 2.05) is 6.33 Å². The van der Waals surface area contributed by atoms with E-state index in [-0.39, 0.29) is 10.8 Å². The molecule has 7 aromatic rings. The van der Waals surface area contributed by atoms with Crippen LogP contribution in [0, 0.1) is 17.8 Å². The molecule has 0 bridgehead atoms. The second-order valence-electron chi connectivity index (χ2n) is 16.6. The minimum atomic E-state index is -1.50. The SMILES string of the molecule is Cc1c2cc(CC(C)(C)C)ccc2c(CC(C)(C)C)c2c1c1c3c(ccc4c5cc([Si](C)(C)C)ccc5n2c43)nc[n+]1C. The van der Waals surface area contributed by atoms with Gasteiger partial charge in [0.2, 0.25) is 0 Å². The van der Waals surface area contributed by atoms with Gasteiger partial charge < -0.3 is 4.40 Å². The van der Waals surface area contributed by atoms with Gasteiger partial charge in [-0.15, -0.1) is 0 Å². The Morgan fingerprint density at radius 3 is 2.12 bits per heavy atom. The molecule has 0 amide bonds. The summed E-state index contributed by atoms with van der Waals surface area (Å²) in [7, 11) is 0.679. The van der Waals surface area contributed by atoms with Crippen LogP contribution in [0.15, 0.2) is 54.9 Å². The molecular weight excluding hydrogens is 539 g/mol. The molecule has 7 rings (SSSR count). The number of aryl methyl sites for hydroxylation is 2. The minimum absolute atomic E-state index is 0.125. The second-order valence-corrected chi connectivity index (χ2v) is 21.6. The summed E-state index contributed by atoms with van der Waals surface area (Å²) >= 11 is 0. The van der Waals surface area contributed by atoms with Crippen LogP contribution in [0.2, 0.25) is 19.6 Å². The average Bonchev–Trinajstić information content (AvgIpc) is 3.23. The number of hydrogen-bond acceptors (Lipinski definition) is 1. The Morgan fingerprint density at radius 1 is 0.744 bits per heavy atom. The minimum Gasteiger partial charge on any atom is -0.307 e. The molecular formula is C39H46N3Si+. The molecule has 43 heavy (non-hydrogen) atoms. The fraction of sp³-hybridized carbons (Fsp3) is 0.385. The average molecular weight is 585 g/mol. The first-order chi connectivity index (χ1) is 20.0. The van der Waals surface area contributed by atoms with Gasteiger partial charge in [0.1, 0.15) is 5.52 Å². The van der Waals surface area contributed by atoms with Crippen LogP contribution in [-0.4, -0.2) is 17.5 Å². The van der Waals surface area contributed by atoms with Gasteiger partial charge in [-0.25, -0.2) is 4.57 Å². The van der Waals surface area contributed by atoms with Crippen molar-refractivity contribution in [2.24, 2.45) is 17.9 Å². The third kappa shape index (κ3) is 4.36. The van der Waals surface area contributed by atoms with Crippen LogP contribution in [0.4, 0.5) is 0 Å². The van der Waals surface area contributed by atoms with Gasteiger partial charge in [0.15, 0.2) is 5.52 Å². The Hall–Kier alpha value is -3.50. The molecule has 0 saturated heterocycles. The molecule has 0 aliphatic heterocycles. The summed E-state index contributed by atoms with van der Waals surface area (Å²) in [5.74, 6) is 0. The zero-order valence-electron chi connectivity index (χ0n) is 28.0. The topological polar surface area (TPSA) is 21.2 Å². The number of benzene rings is 4. The summed E-state index contributed by atoms with van der Waals surface area (Å²) in [6, 6.07) is 19.2. The molecule has 3 nitrogen and oxygen atoms in total. The molecule has 220 valence electrons. The van der Waals surface area contributed by atoms with Crippen molar-refractivity contribution in [3.63, 3.8) is 0 Å². The number of fused-ring (bicyclic) bond motifs is 7. The highest BCUT2D eigenvalue weighted by Gasteiger charge is 2.29. The highest BCUT2D eigenvalue weighted by atomic mass is 28.3. The summed E-state index contributed by atoms with van der Waals surface area (Å²) in [6.45, 7) is 23.8. The third-order valence-corrected chi connectivity index (χ3v) is 11.4. The number of aromatic nitrogens is 3. The predicted octanol–water partition coefficient (Wildman–Crippen LogP) is 9.39. The quantitative estimate of drug-likeness (QED) is 0.0877. The van der Waals surface area contributed by atoms with Crippen LogP contribution >= 0.6 is 0 Å². The monoisotopic (exact) mass is 584 g/mol. The van der Waals surface area contributed by atoms with Gasteiger partial charge in [0.25, 0.3) is 6.33 Å². The maximum absolute atomic E-state index is 4.95. The first-order valence-electron chi connectivity index (χ1n) is 15.9. The molecule has 3 aromatic heterocycles. The van der Waals surface area contributed by atoms with Crippen LogP contribution in [0.25, 0.3) is 59.9 Å². The molecule has 0 spiro atoms. The number of pyridine rings is 1. The maximum atomic E-state index is 4.95. The third-order valence-electron chi connectivity index (χ3n) is 9.35. The molecule has 0 aliphatic rings. The number of hydrogen-bond donors (Lipinski definition) is 0. The fourth-order valence-corrected chi connectivity index (χ4v) is 8.71. The summed E-state index contributed by atoms with van der Waals surface area (Å²) in [5, 5.41) is 9.62. The Labute approximate surface area is 256 Å². The van der Waals surface area contributed by atoms with Crippen molar-refractivity contribution < 1.29 is 4.57 Å². The molecule has 0 atom stereocenters. The molecule has 4 heteroatoms. The lowest BCUT2D eigenvalue weighted by Gasteiger charge is -2.25. The highest BCUT2D eigenvalue weighted by Crippen LogP contribution is 2.45. The van der Waals surface area contributed by atoms with Crippen LogP contribution in [0.3, 0.4) is 0 Å². The van der Waals surface area contributed by atoms with Gasteiger partial charge >= 0.3 is 0 Å². The fourth-order valence-electron chi connectivity index (χ4n) is 7.55. The first kappa shape index (κ1) is 28.3. The van der Waals surface area contributed by atoms with Crippen LogP contribution in [0.5, 0.6) is 0 Å². The summed E-state index contributed by atoms with van der Waals surface area (Å²) in [5.41, 5.74) is 10.9. The lowest BCUT2D eigenvalue weighted by molar-refractivity contribution is -0.646. The molecule has 0 N–H and O–H groups in total. The van der Waals surface area contributed by atoms with Crippen molar-refractivity contribution >= 4 is 73.2 Å². The molecule has 0 unspecified atom stereocenters. The lowest BCUT2D eigenvalue weighted by Crippen LogP contribution is -2.37. The zero-order valence-corrected chi connectivity index (χ0v) is 29.0. The first-order valence-corrected chi connectivity index (χ1v) is 19.4. The molecule has 0 fully saturated rings. The normalized spacial score (nSPS) is 13.7. The molecule has 0 radical (unpaired) electrons. The van der Waals surface area contributed by atoms with Crippen molar-refractivity contribution in [1.29, 1.82) is 0 Å². The van der Waals surface area contributed by atoms with E-state index >= 15 is 0 Å². The second kappa shape index (κ2) is 9.01. The largest absolute Gasteiger partial charge is 0.307 e. The highest BCUT2D eigenvalue weighted by molar-refractivity contribution is 6.88. The summed E-state index contributed by atoms with van der Waals surface area (Å²) in [6.07, 6.45) is 4.07. The Morgan fingerprint density at radius 2 is 1.44 bits per heavy atom. The Bertz CT molecular complexity index is 2250. The Balaban J connectivity index is 1.80. The van der Waals surface area contributed by atoms with Gasteiger partial charge in [-0.1, -0.05) is 96.7 Å². The van der Waals surface area contributed by atoms with Crippen molar-refractivity contribution in [2.75, 3.05) is 0 Å². The molecule has 3 heterocycles. The van der Waals surface area contributed by atoms with Crippen molar-refractivity contribution in [1.82, 2.24) is 9.38 Å². The van der Waals surface area contributed by atoms with Crippen LogP contribution in [-0.2, 0) is 19.9 Å². The molecule has 0 saturated carbocycles. The van der Waals surface area contributed by atoms with E-state index in [0.717, 1.165) is 18.4 Å². The maximum Gasteiger partial charge on any atom is 0.287 e. The van der Waals surface area contributed by atoms with Crippen LogP contribution < -0.4 is 9.75 Å². The van der Waals surface area contributed by atoms with E-state index in [4.69, 9.17) is 4.98 Å². The van der Waals surface area contributed by atoms with E-state index in [1.165, 1.54) is 76.3 Å². The van der Waals surface area contributed by atoms with Gasteiger partial charge in [-0.05, 0) is 81.2 Å². The summed E-state index contributed by atoms with van der Waals surface area (Å²) in [4.78, 5) is 4.95. The smallest absolute Gasteiger partial charge is 0.287 e. The molecule has 0 aliphatic carbocycles. The van der Waals surface area contributed by atoms with Crippen molar-refractivity contribution in [3.8, 4) is 0 Å². The molecule has 4 aromatic carbocycles. The number of rotatable bonds is 3. The van der Waals surface area contributed by atoms with E-state index in [2.05, 4.69) is 133 Å². The van der Waals surface area contributed by atoms with E-state index in [1.54, 1.807) is 0 Å². The van der Waals surface area contributed by atoms with Gasteiger partial charge in [-0.3, -0.25) is 0 Å². The number of nitrogens with zero attached hydrogens (tertiary/aromatic N) is 3. The van der Waals surface area contributed by atoms with E-state index < -0.39 is 8.07 Å². The standard InChI is InChI=1S/C39H46N3Si/c1-23-28-18-24(20-38(2,3)4)12-14-26(28)30(21-39(5,6)7)36-33(23)37-34-31(40-22-41(37)8)16-15-27-29-19-25(43(9,10)11)13-17-32(29)42(36)35(27)34/h12-19,22H,20-21H2,1-11H3/q+1. The summed E-state index contributed by atoms with van der Waals surface area (Å²) < 4.78 is 4.90. The van der Waals surface area contributed by atoms with Crippen molar-refractivity contribution in [2.45, 2.75) is 80.9 Å². The van der Waals surface area contributed by atoms with Crippen LogP contribution in [0.1, 0.15) is 58.2 Å². The van der Waals surface area contributed by atoms with E-state index in [0.29, 0.717) is 0 Å². The van der Waals surface area contributed by atoms with Gasteiger partial charge in [0.05, 0.1) is 42.4 Å². The predicted molar refractivity (Wildman–Crippen MR) is 189 cm³/mol. The van der Waals surface area contributed by atoms with E-state index in [9.17, 15) is 0 Å². The lowest BCUT2D eigenvalue weighted by atomic mass is 9.82. The zero-order chi connectivity index (χ0) is 30.8.